The van der Waals surface area contributed by atoms with Crippen LogP contribution in [0.5, 0.6) is 0 Å². The number of benzene rings is 2. The third kappa shape index (κ3) is 4.34. The number of hydrogen-bond acceptors (Lipinski definition) is 6. The fourth-order valence-electron chi connectivity index (χ4n) is 3.73. The maximum absolute atomic E-state index is 13.1. The van der Waals surface area contributed by atoms with E-state index < -0.39 is 11.9 Å². The molecule has 0 radical (unpaired) electrons. The molecule has 2 aromatic carbocycles. The lowest BCUT2D eigenvalue weighted by atomic mass is 10.2. The number of hydrogen-bond donors (Lipinski definition) is 1. The van der Waals surface area contributed by atoms with Crippen LogP contribution in [0.15, 0.2) is 59.6 Å². The first-order valence-electron chi connectivity index (χ1n) is 10.1. The van der Waals surface area contributed by atoms with Crippen LogP contribution in [0.25, 0.3) is 10.9 Å². The van der Waals surface area contributed by atoms with Crippen molar-refractivity contribution in [3.8, 4) is 0 Å². The van der Waals surface area contributed by atoms with Gasteiger partial charge in [0.15, 0.2) is 0 Å². The Morgan fingerprint density at radius 3 is 2.76 bits per heavy atom. The molecule has 10 heteroatoms. The standard InChI is InChI=1S/C22H21N7O2S.CH4/c1-27-9-8-15-10-18-19(11-17(15)27)32-13-16(22(31)28(18)2)23-21(30)20-24-26-29(25-20)12-14-6-4-3-5-7-14;/h3-11,16H,12-13H2,1-2H3,(H,23,30);1H4/t16-;/m0./s1. The van der Waals surface area contributed by atoms with Crippen LogP contribution >= 0.6 is 11.8 Å². The molecule has 0 bridgehead atoms. The molecule has 9 nitrogen and oxygen atoms in total. The first-order chi connectivity index (χ1) is 15.5. The van der Waals surface area contributed by atoms with Crippen molar-refractivity contribution in [3.63, 3.8) is 0 Å². The number of nitrogens with zero attached hydrogens (tertiary/aromatic N) is 6. The summed E-state index contributed by atoms with van der Waals surface area (Å²) in [6.45, 7) is 0.408. The van der Waals surface area contributed by atoms with E-state index in [4.69, 9.17) is 0 Å². The van der Waals surface area contributed by atoms with Gasteiger partial charge in [0.1, 0.15) is 6.04 Å². The SMILES string of the molecule is C.CN1C(=O)[C@@H](NC(=O)c2nnn(Cc3ccccc3)n2)CSc2cc3c(ccn3C)cc21. The van der Waals surface area contributed by atoms with Crippen molar-refractivity contribution < 1.29 is 9.59 Å². The summed E-state index contributed by atoms with van der Waals surface area (Å²) in [6, 6.07) is 15.1. The van der Waals surface area contributed by atoms with Crippen LogP contribution in [0.4, 0.5) is 5.69 Å². The summed E-state index contributed by atoms with van der Waals surface area (Å²) in [5.74, 6) is -0.353. The summed E-state index contributed by atoms with van der Waals surface area (Å²) in [5, 5.41) is 15.8. The zero-order chi connectivity index (χ0) is 22.2. The number of tetrazole rings is 1. The van der Waals surface area contributed by atoms with Crippen LogP contribution in [-0.2, 0) is 18.4 Å². The number of aromatic nitrogens is 5. The molecule has 4 aromatic rings. The average molecular weight is 464 g/mol. The molecule has 5 rings (SSSR count). The zero-order valence-corrected chi connectivity index (χ0v) is 18.4. The Bertz CT molecular complexity index is 1320. The molecule has 33 heavy (non-hydrogen) atoms. The van der Waals surface area contributed by atoms with Crippen molar-refractivity contribution in [2.24, 2.45) is 7.05 Å². The second-order valence-electron chi connectivity index (χ2n) is 7.67. The van der Waals surface area contributed by atoms with Crippen LogP contribution < -0.4 is 10.2 Å². The van der Waals surface area contributed by atoms with E-state index >= 15 is 0 Å². The van der Waals surface area contributed by atoms with E-state index in [0.717, 1.165) is 27.0 Å². The number of amides is 2. The number of fused-ring (bicyclic) bond motifs is 2. The molecule has 3 heterocycles. The Balaban J connectivity index is 0.00000259. The summed E-state index contributed by atoms with van der Waals surface area (Å²) < 4.78 is 2.05. The van der Waals surface area contributed by atoms with Crippen molar-refractivity contribution in [1.29, 1.82) is 0 Å². The lowest BCUT2D eigenvalue weighted by molar-refractivity contribution is -0.119. The molecule has 0 unspecified atom stereocenters. The van der Waals surface area contributed by atoms with Gasteiger partial charge in [-0.3, -0.25) is 9.59 Å². The highest BCUT2D eigenvalue weighted by Crippen LogP contribution is 2.37. The summed E-state index contributed by atoms with van der Waals surface area (Å²) >= 11 is 1.54. The molecule has 0 saturated heterocycles. The van der Waals surface area contributed by atoms with E-state index in [1.807, 2.05) is 60.3 Å². The molecular weight excluding hydrogens is 438 g/mol. The van der Waals surface area contributed by atoms with Gasteiger partial charge >= 0.3 is 0 Å². The fourth-order valence-corrected chi connectivity index (χ4v) is 4.84. The summed E-state index contributed by atoms with van der Waals surface area (Å²) in [5.41, 5.74) is 2.93. The van der Waals surface area contributed by atoms with Crippen molar-refractivity contribution in [3.05, 3.63) is 66.1 Å². The van der Waals surface area contributed by atoms with Crippen molar-refractivity contribution in [1.82, 2.24) is 30.1 Å². The average Bonchev–Trinajstić information content (AvgIpc) is 3.39. The molecule has 0 saturated carbocycles. The van der Waals surface area contributed by atoms with Gasteiger partial charge in [-0.25, -0.2) is 0 Å². The largest absolute Gasteiger partial charge is 0.351 e. The van der Waals surface area contributed by atoms with E-state index in [0.29, 0.717) is 12.3 Å². The summed E-state index contributed by atoms with van der Waals surface area (Å²) in [4.78, 5) is 29.8. The molecule has 1 N–H and O–H groups in total. The molecule has 0 aliphatic carbocycles. The molecule has 0 fully saturated rings. The van der Waals surface area contributed by atoms with E-state index in [2.05, 4.69) is 26.8 Å². The molecular formula is C23H25N7O2S. The Labute approximate surface area is 195 Å². The van der Waals surface area contributed by atoms with Crippen LogP contribution in [0.2, 0.25) is 0 Å². The van der Waals surface area contributed by atoms with E-state index in [-0.39, 0.29) is 19.2 Å². The predicted molar refractivity (Wildman–Crippen MR) is 128 cm³/mol. The maximum Gasteiger partial charge on any atom is 0.293 e. The van der Waals surface area contributed by atoms with Crippen molar-refractivity contribution >= 4 is 40.2 Å². The Hall–Kier alpha value is -3.66. The van der Waals surface area contributed by atoms with Crippen molar-refractivity contribution in [2.45, 2.75) is 24.9 Å². The van der Waals surface area contributed by atoms with Crippen LogP contribution in [0.3, 0.4) is 0 Å². The molecule has 1 aliphatic heterocycles. The Morgan fingerprint density at radius 2 is 1.97 bits per heavy atom. The van der Waals surface area contributed by atoms with Gasteiger partial charge in [0, 0.05) is 41.8 Å². The van der Waals surface area contributed by atoms with E-state index in [1.54, 1.807) is 23.7 Å². The molecule has 1 aliphatic rings. The topological polar surface area (TPSA) is 97.9 Å². The van der Waals surface area contributed by atoms with Crippen molar-refractivity contribution in [2.75, 3.05) is 17.7 Å². The van der Waals surface area contributed by atoms with Gasteiger partial charge in [-0.05, 0) is 29.0 Å². The number of aryl methyl sites for hydroxylation is 1. The number of rotatable bonds is 4. The normalized spacial score (nSPS) is 15.6. The van der Waals surface area contributed by atoms with E-state index in [1.165, 1.54) is 4.80 Å². The number of carbonyl (C=O) groups excluding carboxylic acids is 2. The lowest BCUT2D eigenvalue weighted by Gasteiger charge is -2.21. The van der Waals surface area contributed by atoms with Gasteiger partial charge in [-0.15, -0.1) is 22.0 Å². The number of likely N-dealkylation sites (N-methyl/N-ethyl adjacent to an activating group) is 1. The predicted octanol–water partition coefficient (Wildman–Crippen LogP) is 2.72. The number of thioether (sulfide) groups is 1. The lowest BCUT2D eigenvalue weighted by Crippen LogP contribution is -2.48. The fraction of sp³-hybridized carbons (Fsp3) is 0.261. The van der Waals surface area contributed by atoms with Gasteiger partial charge in [0.2, 0.25) is 5.91 Å². The minimum atomic E-state index is -0.700. The number of carbonyl (C=O) groups is 2. The minimum absolute atomic E-state index is 0. The second kappa shape index (κ2) is 9.07. The van der Waals surface area contributed by atoms with E-state index in [9.17, 15) is 9.59 Å². The highest BCUT2D eigenvalue weighted by molar-refractivity contribution is 7.99. The van der Waals surface area contributed by atoms with Gasteiger partial charge in [0.25, 0.3) is 11.7 Å². The third-order valence-corrected chi connectivity index (χ3v) is 6.63. The number of anilines is 1. The second-order valence-corrected chi connectivity index (χ2v) is 8.73. The van der Waals surface area contributed by atoms with Gasteiger partial charge in [-0.2, -0.15) is 4.80 Å². The van der Waals surface area contributed by atoms with Crippen LogP contribution in [0.1, 0.15) is 23.6 Å². The van der Waals surface area contributed by atoms with Gasteiger partial charge in [0.05, 0.1) is 12.2 Å². The Kier molecular flexibility index (Phi) is 6.19. The first-order valence-corrected chi connectivity index (χ1v) is 11.1. The molecule has 170 valence electrons. The maximum atomic E-state index is 13.1. The highest BCUT2D eigenvalue weighted by atomic mass is 32.2. The van der Waals surface area contributed by atoms with Gasteiger partial charge < -0.3 is 14.8 Å². The third-order valence-electron chi connectivity index (χ3n) is 5.49. The number of nitrogens with one attached hydrogen (secondary N) is 1. The zero-order valence-electron chi connectivity index (χ0n) is 17.6. The summed E-state index contributed by atoms with van der Waals surface area (Å²) in [6.07, 6.45) is 2.00. The van der Waals surface area contributed by atoms with Crippen LogP contribution in [0, 0.1) is 0 Å². The Morgan fingerprint density at radius 1 is 1.18 bits per heavy atom. The van der Waals surface area contributed by atoms with Crippen LogP contribution in [-0.4, -0.2) is 55.4 Å². The van der Waals surface area contributed by atoms with Gasteiger partial charge in [-0.1, -0.05) is 37.8 Å². The molecule has 2 amide bonds. The quantitative estimate of drug-likeness (QED) is 0.500. The summed E-state index contributed by atoms with van der Waals surface area (Å²) in [7, 11) is 3.72. The molecule has 1 atom stereocenters. The highest BCUT2D eigenvalue weighted by Gasteiger charge is 2.31. The smallest absolute Gasteiger partial charge is 0.293 e. The monoisotopic (exact) mass is 463 g/mol. The molecule has 2 aromatic heterocycles. The minimum Gasteiger partial charge on any atom is -0.351 e. The molecule has 0 spiro atoms. The first kappa shape index (κ1) is 22.5.